The van der Waals surface area contributed by atoms with Gasteiger partial charge in [-0.2, -0.15) is 0 Å². The van der Waals surface area contributed by atoms with Crippen molar-refractivity contribution in [2.24, 2.45) is 0 Å². The van der Waals surface area contributed by atoms with Gasteiger partial charge in [0.15, 0.2) is 11.6 Å². The lowest BCUT2D eigenvalue weighted by molar-refractivity contribution is -0.135. The third kappa shape index (κ3) is 3.55. The van der Waals surface area contributed by atoms with Crippen LogP contribution in [0.2, 0.25) is 0 Å². The van der Waals surface area contributed by atoms with Gasteiger partial charge in [-0.3, -0.25) is 4.72 Å². The number of halogens is 1. The Balaban J connectivity index is 1.88. The first-order valence-electron chi connectivity index (χ1n) is 7.70. The average molecular weight is 377 g/mol. The van der Waals surface area contributed by atoms with Crippen LogP contribution < -0.4 is 9.46 Å². The topological polar surface area (TPSA) is 81.7 Å². The Hall–Kier alpha value is -2.87. The lowest BCUT2D eigenvalue weighted by atomic mass is 9.94. The fourth-order valence-electron chi connectivity index (χ4n) is 2.62. The van der Waals surface area contributed by atoms with Crippen molar-refractivity contribution < 1.29 is 27.1 Å². The molecule has 0 bridgehead atoms. The van der Waals surface area contributed by atoms with E-state index in [0.29, 0.717) is 5.56 Å². The van der Waals surface area contributed by atoms with Gasteiger partial charge in [0, 0.05) is 6.20 Å². The Labute approximate surface area is 150 Å². The Bertz CT molecular complexity index is 957. The number of rotatable bonds is 5. The summed E-state index contributed by atoms with van der Waals surface area (Å²) in [4.78, 5) is 12.0. The smallest absolute Gasteiger partial charge is 0.336 e. The Morgan fingerprint density at radius 2 is 1.96 bits per heavy atom. The Morgan fingerprint density at radius 3 is 2.62 bits per heavy atom. The molecule has 2 aromatic rings. The average Bonchev–Trinajstić information content (AvgIpc) is 3.01. The summed E-state index contributed by atoms with van der Waals surface area (Å²) in [6.45, 7) is 0.00347. The Morgan fingerprint density at radius 1 is 1.23 bits per heavy atom. The molecule has 1 atom stereocenters. The van der Waals surface area contributed by atoms with Crippen LogP contribution in [0.4, 0.5) is 4.39 Å². The van der Waals surface area contributed by atoms with E-state index in [9.17, 15) is 17.6 Å². The van der Waals surface area contributed by atoms with Crippen molar-refractivity contribution in [2.75, 3.05) is 13.7 Å². The summed E-state index contributed by atoms with van der Waals surface area (Å²) in [5.41, 5.74) is 0.591. The van der Waals surface area contributed by atoms with E-state index >= 15 is 0 Å². The molecule has 3 rings (SSSR count). The molecule has 26 heavy (non-hydrogen) atoms. The van der Waals surface area contributed by atoms with E-state index < -0.39 is 27.7 Å². The first-order valence-corrected chi connectivity index (χ1v) is 9.18. The number of hydrogen-bond acceptors (Lipinski definition) is 5. The highest BCUT2D eigenvalue weighted by molar-refractivity contribution is 7.89. The summed E-state index contributed by atoms with van der Waals surface area (Å²) in [6, 6.07) is 12.0. The maximum absolute atomic E-state index is 13.9. The van der Waals surface area contributed by atoms with Crippen LogP contribution in [0.15, 0.2) is 65.2 Å². The van der Waals surface area contributed by atoms with E-state index in [2.05, 4.69) is 4.72 Å². The highest BCUT2D eigenvalue weighted by atomic mass is 32.2. The minimum atomic E-state index is -3.82. The molecule has 1 aliphatic rings. The number of ether oxygens (including phenoxy) is 2. The first-order chi connectivity index (χ1) is 12.4. The number of nitrogens with one attached hydrogen (secondary N) is 1. The zero-order valence-corrected chi connectivity index (χ0v) is 14.6. The maximum Gasteiger partial charge on any atom is 0.336 e. The summed E-state index contributed by atoms with van der Waals surface area (Å²) < 4.78 is 50.7. The molecular weight excluding hydrogens is 361 g/mol. The van der Waals surface area contributed by atoms with Gasteiger partial charge in [0.1, 0.15) is 6.61 Å². The number of benzene rings is 2. The quantitative estimate of drug-likeness (QED) is 0.639. The Kier molecular flexibility index (Phi) is 4.94. The van der Waals surface area contributed by atoms with Crippen molar-refractivity contribution in [1.82, 2.24) is 4.72 Å². The number of sulfonamides is 1. The monoisotopic (exact) mass is 377 g/mol. The summed E-state index contributed by atoms with van der Waals surface area (Å²) in [7, 11) is -2.47. The second kappa shape index (κ2) is 7.17. The molecule has 0 amide bonds. The molecule has 136 valence electrons. The summed E-state index contributed by atoms with van der Waals surface area (Å²) in [6.07, 6.45) is 1.10. The van der Waals surface area contributed by atoms with Gasteiger partial charge in [-0.25, -0.2) is 17.6 Å². The number of carbonyl (C=O) groups excluding carboxylic acids is 1. The van der Waals surface area contributed by atoms with Gasteiger partial charge in [-0.05, 0) is 29.8 Å². The highest BCUT2D eigenvalue weighted by Crippen LogP contribution is 2.33. The van der Waals surface area contributed by atoms with Crippen molar-refractivity contribution in [1.29, 1.82) is 0 Å². The number of methoxy groups -OCH3 is 1. The van der Waals surface area contributed by atoms with Crippen molar-refractivity contribution in [3.05, 3.63) is 71.7 Å². The molecule has 0 radical (unpaired) electrons. The largest absolute Gasteiger partial charge is 0.494 e. The number of cyclic esters (lactones) is 1. The van der Waals surface area contributed by atoms with Crippen LogP contribution in [0, 0.1) is 5.82 Å². The molecule has 0 saturated carbocycles. The first kappa shape index (κ1) is 17.9. The lowest BCUT2D eigenvalue weighted by Gasteiger charge is -2.11. The fraction of sp³-hybridized carbons (Fsp3) is 0.167. The van der Waals surface area contributed by atoms with E-state index in [1.165, 1.54) is 31.4 Å². The predicted molar refractivity (Wildman–Crippen MR) is 91.5 cm³/mol. The number of hydrogen-bond donors (Lipinski definition) is 1. The molecule has 1 aliphatic heterocycles. The number of esters is 1. The predicted octanol–water partition coefficient (Wildman–Crippen LogP) is 2.34. The third-order valence-corrected chi connectivity index (χ3v) is 5.31. The molecule has 1 N–H and O–H groups in total. The van der Waals surface area contributed by atoms with E-state index in [1.54, 1.807) is 24.3 Å². The van der Waals surface area contributed by atoms with Gasteiger partial charge in [-0.1, -0.05) is 24.3 Å². The molecule has 0 spiro atoms. The van der Waals surface area contributed by atoms with Gasteiger partial charge in [-0.15, -0.1) is 0 Å². The van der Waals surface area contributed by atoms with E-state index in [4.69, 9.17) is 9.47 Å². The summed E-state index contributed by atoms with van der Waals surface area (Å²) in [5.74, 6) is -1.73. The SMILES string of the molecule is COc1ccc(C2COC(=O)/C2=C\NS(=O)(=O)c2ccccc2)cc1F. The van der Waals surface area contributed by atoms with E-state index in [-0.39, 0.29) is 22.8 Å². The molecule has 8 heteroatoms. The van der Waals surface area contributed by atoms with E-state index in [1.807, 2.05) is 0 Å². The van der Waals surface area contributed by atoms with E-state index in [0.717, 1.165) is 6.20 Å². The van der Waals surface area contributed by atoms with Crippen LogP contribution in [0.1, 0.15) is 11.5 Å². The minimum Gasteiger partial charge on any atom is -0.494 e. The molecule has 1 unspecified atom stereocenters. The van der Waals surface area contributed by atoms with Gasteiger partial charge >= 0.3 is 5.97 Å². The second-order valence-corrected chi connectivity index (χ2v) is 7.29. The van der Waals surface area contributed by atoms with Crippen LogP contribution in [0.5, 0.6) is 5.75 Å². The third-order valence-electron chi connectivity index (χ3n) is 3.99. The van der Waals surface area contributed by atoms with Gasteiger partial charge < -0.3 is 9.47 Å². The van der Waals surface area contributed by atoms with Crippen molar-refractivity contribution in [3.8, 4) is 5.75 Å². The van der Waals surface area contributed by atoms with Crippen molar-refractivity contribution in [2.45, 2.75) is 10.8 Å². The molecule has 6 nitrogen and oxygen atoms in total. The number of carbonyl (C=O) groups is 1. The lowest BCUT2D eigenvalue weighted by Crippen LogP contribution is -2.20. The van der Waals surface area contributed by atoms with Gasteiger partial charge in [0.25, 0.3) is 10.0 Å². The molecule has 1 fully saturated rings. The summed E-state index contributed by atoms with van der Waals surface area (Å²) >= 11 is 0. The molecule has 1 heterocycles. The van der Waals surface area contributed by atoms with Crippen molar-refractivity contribution in [3.63, 3.8) is 0 Å². The minimum absolute atomic E-state index is 0.00347. The van der Waals surface area contributed by atoms with Gasteiger partial charge in [0.2, 0.25) is 0 Å². The fourth-order valence-corrected chi connectivity index (χ4v) is 3.55. The molecule has 1 saturated heterocycles. The molecular formula is C18H16FNO5S. The zero-order valence-electron chi connectivity index (χ0n) is 13.8. The van der Waals surface area contributed by atoms with Crippen LogP contribution in [0.3, 0.4) is 0 Å². The van der Waals surface area contributed by atoms with Crippen LogP contribution in [-0.4, -0.2) is 28.1 Å². The van der Waals surface area contributed by atoms with Crippen LogP contribution >= 0.6 is 0 Å². The molecule has 0 aromatic heterocycles. The molecule has 0 aliphatic carbocycles. The van der Waals surface area contributed by atoms with Gasteiger partial charge in [0.05, 0.1) is 23.5 Å². The van der Waals surface area contributed by atoms with Crippen LogP contribution in [-0.2, 0) is 19.6 Å². The zero-order chi connectivity index (χ0) is 18.7. The maximum atomic E-state index is 13.9. The standard InChI is InChI=1S/C18H16FNO5S/c1-24-17-8-7-12(9-16(17)19)15-11-25-18(21)14(15)10-20-26(22,23)13-5-3-2-4-6-13/h2-10,15,20H,11H2,1H3/b14-10-. The van der Waals surface area contributed by atoms with Crippen LogP contribution in [0.25, 0.3) is 0 Å². The summed E-state index contributed by atoms with van der Waals surface area (Å²) in [5, 5.41) is 0. The van der Waals surface area contributed by atoms with Crippen molar-refractivity contribution >= 4 is 16.0 Å². The second-order valence-electron chi connectivity index (χ2n) is 5.58. The molecule has 2 aromatic carbocycles. The normalized spacial score (nSPS) is 18.6. The highest BCUT2D eigenvalue weighted by Gasteiger charge is 2.33.